The summed E-state index contributed by atoms with van der Waals surface area (Å²) in [4.78, 5) is 12.3. The lowest BCUT2D eigenvalue weighted by Crippen LogP contribution is -1.98. The smallest absolute Gasteiger partial charge is 0.141 e. The summed E-state index contributed by atoms with van der Waals surface area (Å²) < 4.78 is 0. The molecular formula is C16H18N4. The van der Waals surface area contributed by atoms with Gasteiger partial charge in [0, 0.05) is 23.7 Å². The van der Waals surface area contributed by atoms with Crippen molar-refractivity contribution in [1.29, 1.82) is 0 Å². The van der Waals surface area contributed by atoms with Gasteiger partial charge in [-0.3, -0.25) is 0 Å². The van der Waals surface area contributed by atoms with Crippen LogP contribution < -0.4 is 5.73 Å². The number of aryl methyl sites for hydroxylation is 3. The molecule has 0 spiro atoms. The minimum absolute atomic E-state index is 0.476. The van der Waals surface area contributed by atoms with Crippen molar-refractivity contribution in [2.45, 2.75) is 27.3 Å². The molecule has 0 aliphatic rings. The van der Waals surface area contributed by atoms with Crippen molar-refractivity contribution >= 4 is 11.0 Å². The Morgan fingerprint density at radius 1 is 1.10 bits per heavy atom. The molecule has 20 heavy (non-hydrogen) atoms. The second kappa shape index (κ2) is 4.72. The zero-order valence-electron chi connectivity index (χ0n) is 12.0. The molecule has 0 bridgehead atoms. The highest BCUT2D eigenvalue weighted by molar-refractivity contribution is 5.93. The summed E-state index contributed by atoms with van der Waals surface area (Å²) in [6, 6.07) is 6.41. The molecule has 2 aromatic heterocycles. The lowest BCUT2D eigenvalue weighted by atomic mass is 10.0. The average molecular weight is 266 g/mol. The summed E-state index contributed by atoms with van der Waals surface area (Å²) in [5.41, 5.74) is 12.3. The van der Waals surface area contributed by atoms with Gasteiger partial charge in [0.15, 0.2) is 0 Å². The molecule has 0 aliphatic carbocycles. The summed E-state index contributed by atoms with van der Waals surface area (Å²) in [6.45, 7) is 6.61. The third-order valence-corrected chi connectivity index (χ3v) is 3.73. The number of aromatic nitrogens is 3. The number of hydrogen-bond donors (Lipinski definition) is 2. The van der Waals surface area contributed by atoms with E-state index in [2.05, 4.69) is 47.0 Å². The van der Waals surface area contributed by atoms with E-state index in [9.17, 15) is 0 Å². The quantitative estimate of drug-likeness (QED) is 0.749. The molecule has 0 amide bonds. The van der Waals surface area contributed by atoms with E-state index in [1.807, 2.05) is 13.1 Å². The Morgan fingerprint density at radius 3 is 2.60 bits per heavy atom. The average Bonchev–Trinajstić information content (AvgIpc) is 2.83. The van der Waals surface area contributed by atoms with E-state index < -0.39 is 0 Å². The lowest BCUT2D eigenvalue weighted by Gasteiger charge is -2.08. The number of nitrogens with one attached hydrogen (secondary N) is 1. The van der Waals surface area contributed by atoms with Gasteiger partial charge in [-0.1, -0.05) is 12.1 Å². The molecule has 4 heteroatoms. The fourth-order valence-electron chi connectivity index (χ4n) is 2.47. The van der Waals surface area contributed by atoms with Gasteiger partial charge in [-0.2, -0.15) is 0 Å². The van der Waals surface area contributed by atoms with E-state index >= 15 is 0 Å². The molecule has 3 aromatic rings. The zero-order valence-corrected chi connectivity index (χ0v) is 12.0. The molecule has 0 radical (unpaired) electrons. The lowest BCUT2D eigenvalue weighted by molar-refractivity contribution is 1.07. The molecular weight excluding hydrogens is 248 g/mol. The maximum absolute atomic E-state index is 5.82. The summed E-state index contributed by atoms with van der Waals surface area (Å²) in [5, 5.41) is 1.03. The Hall–Kier alpha value is -2.20. The number of hydrogen-bond acceptors (Lipinski definition) is 3. The fourth-order valence-corrected chi connectivity index (χ4v) is 2.47. The summed E-state index contributed by atoms with van der Waals surface area (Å²) >= 11 is 0. The van der Waals surface area contributed by atoms with Crippen LogP contribution in [0.2, 0.25) is 0 Å². The fraction of sp³-hybridized carbons (Fsp3) is 0.250. The Bertz CT molecular complexity index is 787. The van der Waals surface area contributed by atoms with Crippen LogP contribution in [0.15, 0.2) is 24.4 Å². The van der Waals surface area contributed by atoms with E-state index in [0.717, 1.165) is 33.7 Å². The van der Waals surface area contributed by atoms with Crippen molar-refractivity contribution in [2.75, 3.05) is 0 Å². The summed E-state index contributed by atoms with van der Waals surface area (Å²) in [7, 11) is 0. The van der Waals surface area contributed by atoms with Crippen LogP contribution in [0.25, 0.3) is 22.3 Å². The Labute approximate surface area is 118 Å². The molecule has 2 heterocycles. The van der Waals surface area contributed by atoms with Crippen molar-refractivity contribution in [3.8, 4) is 11.3 Å². The standard InChI is InChI=1S/C16H18N4/c1-9-4-5-12(6-10(9)2)15-14-13(7-17)8-18-16(14)20-11(3)19-15/h4-6,8H,7,17H2,1-3H3,(H,18,19,20). The first-order valence-electron chi connectivity index (χ1n) is 6.72. The highest BCUT2D eigenvalue weighted by Gasteiger charge is 2.13. The minimum Gasteiger partial charge on any atom is -0.346 e. The normalized spacial score (nSPS) is 11.2. The number of H-pyrrole nitrogens is 1. The van der Waals surface area contributed by atoms with Gasteiger partial charge in [0.05, 0.1) is 5.69 Å². The molecule has 0 saturated carbocycles. The van der Waals surface area contributed by atoms with Crippen LogP contribution in [-0.4, -0.2) is 15.0 Å². The van der Waals surface area contributed by atoms with Crippen LogP contribution in [0.4, 0.5) is 0 Å². The number of fused-ring (bicyclic) bond motifs is 1. The second-order valence-corrected chi connectivity index (χ2v) is 5.16. The molecule has 0 atom stereocenters. The van der Waals surface area contributed by atoms with Crippen LogP contribution in [0, 0.1) is 20.8 Å². The Kier molecular flexibility index (Phi) is 3.03. The predicted octanol–water partition coefficient (Wildman–Crippen LogP) is 3.01. The second-order valence-electron chi connectivity index (χ2n) is 5.16. The van der Waals surface area contributed by atoms with Crippen LogP contribution >= 0.6 is 0 Å². The van der Waals surface area contributed by atoms with Gasteiger partial charge >= 0.3 is 0 Å². The van der Waals surface area contributed by atoms with Crippen molar-refractivity contribution < 1.29 is 0 Å². The largest absolute Gasteiger partial charge is 0.346 e. The van der Waals surface area contributed by atoms with Crippen LogP contribution in [-0.2, 0) is 6.54 Å². The number of nitrogens with zero attached hydrogens (tertiary/aromatic N) is 2. The predicted molar refractivity (Wildman–Crippen MR) is 81.4 cm³/mol. The number of nitrogens with two attached hydrogens (primary N) is 1. The summed E-state index contributed by atoms with van der Waals surface area (Å²) in [6.07, 6.45) is 1.92. The topological polar surface area (TPSA) is 67.6 Å². The first-order chi connectivity index (χ1) is 9.60. The van der Waals surface area contributed by atoms with Crippen LogP contribution in [0.3, 0.4) is 0 Å². The number of aromatic amines is 1. The molecule has 3 rings (SSSR count). The van der Waals surface area contributed by atoms with Gasteiger partial charge in [-0.25, -0.2) is 9.97 Å². The third-order valence-electron chi connectivity index (χ3n) is 3.73. The molecule has 0 aliphatic heterocycles. The monoisotopic (exact) mass is 266 g/mol. The van der Waals surface area contributed by atoms with Gasteiger partial charge in [-0.15, -0.1) is 0 Å². The molecule has 0 saturated heterocycles. The van der Waals surface area contributed by atoms with Gasteiger partial charge in [0.2, 0.25) is 0 Å². The highest BCUT2D eigenvalue weighted by atomic mass is 14.9. The Balaban J connectivity index is 2.33. The maximum Gasteiger partial charge on any atom is 0.141 e. The van der Waals surface area contributed by atoms with E-state index in [0.29, 0.717) is 6.54 Å². The van der Waals surface area contributed by atoms with E-state index in [1.54, 1.807) is 0 Å². The van der Waals surface area contributed by atoms with E-state index in [1.165, 1.54) is 11.1 Å². The summed E-state index contributed by atoms with van der Waals surface area (Å²) in [5.74, 6) is 0.760. The highest BCUT2D eigenvalue weighted by Crippen LogP contribution is 2.29. The molecule has 0 unspecified atom stereocenters. The molecule has 4 nitrogen and oxygen atoms in total. The van der Waals surface area contributed by atoms with Gasteiger partial charge < -0.3 is 10.7 Å². The van der Waals surface area contributed by atoms with Gasteiger partial charge in [-0.05, 0) is 43.5 Å². The van der Waals surface area contributed by atoms with Crippen LogP contribution in [0.5, 0.6) is 0 Å². The first-order valence-corrected chi connectivity index (χ1v) is 6.72. The van der Waals surface area contributed by atoms with Gasteiger partial charge in [0.1, 0.15) is 11.5 Å². The number of benzene rings is 1. The van der Waals surface area contributed by atoms with E-state index in [-0.39, 0.29) is 0 Å². The molecule has 102 valence electrons. The first kappa shape index (κ1) is 12.8. The SMILES string of the molecule is Cc1nc(-c2ccc(C)c(C)c2)c2c(CN)c[nH]c2n1. The van der Waals surface area contributed by atoms with Crippen LogP contribution in [0.1, 0.15) is 22.5 Å². The molecule has 3 N–H and O–H groups in total. The number of rotatable bonds is 2. The molecule has 1 aromatic carbocycles. The van der Waals surface area contributed by atoms with E-state index in [4.69, 9.17) is 5.73 Å². The van der Waals surface area contributed by atoms with Crippen molar-refractivity contribution in [1.82, 2.24) is 15.0 Å². The third kappa shape index (κ3) is 1.98. The minimum atomic E-state index is 0.476. The van der Waals surface area contributed by atoms with Crippen molar-refractivity contribution in [3.63, 3.8) is 0 Å². The zero-order chi connectivity index (χ0) is 14.3. The Morgan fingerprint density at radius 2 is 1.90 bits per heavy atom. The molecule has 0 fully saturated rings. The maximum atomic E-state index is 5.82. The van der Waals surface area contributed by atoms with Crippen molar-refractivity contribution in [2.24, 2.45) is 5.73 Å². The van der Waals surface area contributed by atoms with Crippen molar-refractivity contribution in [3.05, 3.63) is 46.9 Å². The van der Waals surface area contributed by atoms with Gasteiger partial charge in [0.25, 0.3) is 0 Å².